The van der Waals surface area contributed by atoms with Crippen molar-refractivity contribution in [3.63, 3.8) is 0 Å². The summed E-state index contributed by atoms with van der Waals surface area (Å²) in [5, 5.41) is 8.66. The number of nitrogens with zero attached hydrogens (tertiary/aromatic N) is 1. The van der Waals surface area contributed by atoms with Gasteiger partial charge in [-0.15, -0.1) is 0 Å². The molecule has 1 aliphatic heterocycles. The first-order valence-corrected chi connectivity index (χ1v) is 5.94. The summed E-state index contributed by atoms with van der Waals surface area (Å²) in [6.45, 7) is -0.355. The predicted molar refractivity (Wildman–Crippen MR) is 64.3 cm³/mol. The topological polar surface area (TPSA) is 40.5 Å². The molecule has 0 aromatic heterocycles. The molecule has 114 valence electrons. The van der Waals surface area contributed by atoms with Crippen molar-refractivity contribution in [2.24, 2.45) is 0 Å². The molecule has 0 radical (unpaired) electrons. The first kappa shape index (κ1) is 15.3. The lowest BCUT2D eigenvalue weighted by Crippen LogP contribution is -2.32. The van der Waals surface area contributed by atoms with E-state index in [2.05, 4.69) is 0 Å². The van der Waals surface area contributed by atoms with Crippen LogP contribution in [0.1, 0.15) is 16.8 Å². The standard InChI is InChI=1S/C13H10F5NO2/c14-10-8(12(20)21)1-2-9(11(10)15)19-5-3-7(4-6-19)13(16,17)18/h1-3H,4-6H2,(H,20,21). The molecule has 1 aliphatic rings. The quantitative estimate of drug-likeness (QED) is 0.673. The minimum Gasteiger partial charge on any atom is -0.478 e. The van der Waals surface area contributed by atoms with E-state index in [4.69, 9.17) is 5.11 Å². The monoisotopic (exact) mass is 307 g/mol. The van der Waals surface area contributed by atoms with Crippen LogP contribution in [0.3, 0.4) is 0 Å². The molecule has 0 saturated heterocycles. The first-order valence-electron chi connectivity index (χ1n) is 5.94. The highest BCUT2D eigenvalue weighted by atomic mass is 19.4. The first-order chi connectivity index (χ1) is 9.71. The van der Waals surface area contributed by atoms with E-state index in [0.717, 1.165) is 18.2 Å². The Morgan fingerprint density at radius 2 is 1.86 bits per heavy atom. The highest BCUT2D eigenvalue weighted by molar-refractivity contribution is 5.88. The van der Waals surface area contributed by atoms with Gasteiger partial charge in [0.25, 0.3) is 0 Å². The van der Waals surface area contributed by atoms with Gasteiger partial charge in [-0.3, -0.25) is 0 Å². The van der Waals surface area contributed by atoms with E-state index in [1.807, 2.05) is 0 Å². The maximum Gasteiger partial charge on any atom is 0.412 e. The number of hydrogen-bond acceptors (Lipinski definition) is 2. The van der Waals surface area contributed by atoms with Crippen molar-refractivity contribution in [2.75, 3.05) is 18.0 Å². The molecule has 0 atom stereocenters. The van der Waals surface area contributed by atoms with Gasteiger partial charge < -0.3 is 10.0 Å². The Bertz CT molecular complexity index is 609. The molecule has 0 aliphatic carbocycles. The number of aromatic carboxylic acids is 1. The molecule has 0 spiro atoms. The fraction of sp³-hybridized carbons (Fsp3) is 0.308. The SMILES string of the molecule is O=C(O)c1ccc(N2CC=C(C(F)(F)F)CC2)c(F)c1F. The second-order valence-electron chi connectivity index (χ2n) is 4.49. The fourth-order valence-electron chi connectivity index (χ4n) is 2.09. The number of carboxylic acids is 1. The van der Waals surface area contributed by atoms with Crippen LogP contribution in [0.4, 0.5) is 27.6 Å². The summed E-state index contributed by atoms with van der Waals surface area (Å²) < 4.78 is 64.8. The molecule has 0 saturated carbocycles. The Morgan fingerprint density at radius 3 is 2.33 bits per heavy atom. The average Bonchev–Trinajstić information content (AvgIpc) is 2.40. The molecule has 21 heavy (non-hydrogen) atoms. The molecule has 0 fully saturated rings. The molecule has 1 aromatic carbocycles. The molecule has 0 unspecified atom stereocenters. The fourth-order valence-corrected chi connectivity index (χ4v) is 2.09. The number of anilines is 1. The van der Waals surface area contributed by atoms with E-state index in [-0.39, 0.29) is 25.2 Å². The molecule has 3 nitrogen and oxygen atoms in total. The second kappa shape index (κ2) is 5.34. The van der Waals surface area contributed by atoms with Gasteiger partial charge in [0, 0.05) is 18.7 Å². The molecule has 1 aromatic rings. The maximum atomic E-state index is 13.8. The van der Waals surface area contributed by atoms with Crippen LogP contribution in [0.25, 0.3) is 0 Å². The van der Waals surface area contributed by atoms with E-state index in [1.54, 1.807) is 0 Å². The summed E-state index contributed by atoms with van der Waals surface area (Å²) >= 11 is 0. The third-order valence-electron chi connectivity index (χ3n) is 3.21. The third kappa shape index (κ3) is 2.98. The molecule has 1 heterocycles. The average molecular weight is 307 g/mol. The molecular formula is C13H10F5NO2. The number of alkyl halides is 3. The van der Waals surface area contributed by atoms with Crippen LogP contribution in [0.15, 0.2) is 23.8 Å². The van der Waals surface area contributed by atoms with Crippen LogP contribution in [0, 0.1) is 11.6 Å². The number of halogens is 5. The van der Waals surface area contributed by atoms with Crippen molar-refractivity contribution in [3.05, 3.63) is 41.0 Å². The van der Waals surface area contributed by atoms with Crippen LogP contribution in [0.2, 0.25) is 0 Å². The Kier molecular flexibility index (Phi) is 3.89. The zero-order valence-electron chi connectivity index (χ0n) is 10.5. The number of rotatable bonds is 2. The minimum atomic E-state index is -4.43. The van der Waals surface area contributed by atoms with Gasteiger partial charge in [0.2, 0.25) is 0 Å². The second-order valence-corrected chi connectivity index (χ2v) is 4.49. The summed E-state index contributed by atoms with van der Waals surface area (Å²) in [7, 11) is 0. The number of carbonyl (C=O) groups is 1. The van der Waals surface area contributed by atoms with Gasteiger partial charge >= 0.3 is 12.1 Å². The smallest absolute Gasteiger partial charge is 0.412 e. The van der Waals surface area contributed by atoms with E-state index in [1.165, 1.54) is 4.90 Å². The Labute approximate surface area is 116 Å². The van der Waals surface area contributed by atoms with Crippen LogP contribution in [-0.2, 0) is 0 Å². The Balaban J connectivity index is 2.28. The number of carboxylic acid groups (broad SMARTS) is 1. The van der Waals surface area contributed by atoms with E-state index < -0.39 is 34.9 Å². The van der Waals surface area contributed by atoms with E-state index >= 15 is 0 Å². The molecule has 8 heteroatoms. The predicted octanol–water partition coefficient (Wildman–Crippen LogP) is 3.36. The van der Waals surface area contributed by atoms with Gasteiger partial charge in [-0.2, -0.15) is 13.2 Å². The van der Waals surface area contributed by atoms with Gasteiger partial charge in [0.05, 0.1) is 11.3 Å². The highest BCUT2D eigenvalue weighted by Crippen LogP contribution is 2.32. The van der Waals surface area contributed by atoms with Gasteiger partial charge in [-0.05, 0) is 18.6 Å². The van der Waals surface area contributed by atoms with Crippen LogP contribution < -0.4 is 4.90 Å². The van der Waals surface area contributed by atoms with Crippen molar-refractivity contribution in [2.45, 2.75) is 12.6 Å². The maximum absolute atomic E-state index is 13.8. The largest absolute Gasteiger partial charge is 0.478 e. The lowest BCUT2D eigenvalue weighted by atomic mass is 10.1. The Hall–Kier alpha value is -2.12. The molecule has 0 amide bonds. The summed E-state index contributed by atoms with van der Waals surface area (Å²) in [5.41, 5.74) is -1.78. The highest BCUT2D eigenvalue weighted by Gasteiger charge is 2.35. The molecule has 0 bridgehead atoms. The molecular weight excluding hydrogens is 297 g/mol. The van der Waals surface area contributed by atoms with Crippen molar-refractivity contribution < 1.29 is 31.9 Å². The van der Waals surface area contributed by atoms with Crippen molar-refractivity contribution in [1.29, 1.82) is 0 Å². The Morgan fingerprint density at radius 1 is 1.19 bits per heavy atom. The van der Waals surface area contributed by atoms with Crippen LogP contribution in [-0.4, -0.2) is 30.3 Å². The van der Waals surface area contributed by atoms with Gasteiger partial charge in [-0.1, -0.05) is 6.08 Å². The minimum absolute atomic E-state index is 0.131. The number of hydrogen-bond donors (Lipinski definition) is 1. The lowest BCUT2D eigenvalue weighted by Gasteiger charge is -2.29. The lowest BCUT2D eigenvalue weighted by molar-refractivity contribution is -0.0944. The number of benzene rings is 1. The van der Waals surface area contributed by atoms with E-state index in [0.29, 0.717) is 0 Å². The van der Waals surface area contributed by atoms with Gasteiger partial charge in [0.1, 0.15) is 0 Å². The third-order valence-corrected chi connectivity index (χ3v) is 3.21. The zero-order chi connectivity index (χ0) is 15.8. The summed E-state index contributed by atoms with van der Waals surface area (Å²) in [6.07, 6.45) is -3.86. The molecule has 2 rings (SSSR count). The van der Waals surface area contributed by atoms with Gasteiger partial charge in [0.15, 0.2) is 11.6 Å². The van der Waals surface area contributed by atoms with Crippen molar-refractivity contribution >= 4 is 11.7 Å². The van der Waals surface area contributed by atoms with Crippen molar-refractivity contribution in [3.8, 4) is 0 Å². The zero-order valence-corrected chi connectivity index (χ0v) is 10.5. The summed E-state index contributed by atoms with van der Waals surface area (Å²) in [5.74, 6) is -4.51. The van der Waals surface area contributed by atoms with Crippen molar-refractivity contribution in [1.82, 2.24) is 0 Å². The van der Waals surface area contributed by atoms with Crippen LogP contribution >= 0.6 is 0 Å². The summed E-state index contributed by atoms with van der Waals surface area (Å²) in [4.78, 5) is 11.9. The van der Waals surface area contributed by atoms with Gasteiger partial charge in [-0.25, -0.2) is 13.6 Å². The normalized spacial score (nSPS) is 15.9. The summed E-state index contributed by atoms with van der Waals surface area (Å²) in [6, 6.07) is 1.94. The van der Waals surface area contributed by atoms with Crippen LogP contribution in [0.5, 0.6) is 0 Å². The molecule has 1 N–H and O–H groups in total. The van der Waals surface area contributed by atoms with E-state index in [9.17, 15) is 26.7 Å².